The van der Waals surface area contributed by atoms with Crippen LogP contribution in [0.2, 0.25) is 0 Å². The first-order chi connectivity index (χ1) is 71.3. The van der Waals surface area contributed by atoms with Crippen LogP contribution in [0.5, 0.6) is 5.75 Å². The van der Waals surface area contributed by atoms with Crippen molar-refractivity contribution >= 4 is 238 Å². The molecule has 0 amide bonds. The van der Waals surface area contributed by atoms with Crippen molar-refractivity contribution in [3.8, 4) is 72.5 Å². The summed E-state index contributed by atoms with van der Waals surface area (Å²) in [5.41, 5.74) is 25.1. The van der Waals surface area contributed by atoms with Crippen LogP contribution in [0.15, 0.2) is 421 Å². The zero-order valence-corrected chi connectivity index (χ0v) is 98.8. The Bertz CT molecular complexity index is 8400. The molecule has 20 aromatic carbocycles. The normalized spacial score (nSPS) is 13.8. The van der Waals surface area contributed by atoms with Crippen LogP contribution in [-0.4, -0.2) is 62.3 Å². The predicted molar refractivity (Wildman–Crippen MR) is 659 cm³/mol. The number of hydrogen-bond donors (Lipinski definition) is 2. The van der Waals surface area contributed by atoms with Gasteiger partial charge in [-0.2, -0.15) is 0 Å². The molecule has 0 bridgehead atoms. The van der Waals surface area contributed by atoms with Gasteiger partial charge in [0.05, 0.1) is 42.1 Å². The standard InChI is InChI=1S/C25H27BO2.C25H19Br.C19H17BrO.C19H15Br.C18H13BrO2.C10H8BO2.C8H6BrIO2.C6H4BrI/c1-23(2)20-14-11-16-9-7-8-10-18(16)22(20)19-13-12-17(15-21(19)23)26-27-24(3,4)25(5,6)28-26;1-25(2)22-14-10-17-5-3-4-6-20(17)24(22)21-13-9-18(15-23(21)25)16-7-11-19(26)12-8-16;1-19(2,21)18-12-14(20)10-11-17(18)16-9-5-7-13-6-3-4-8-15(13)16;1-19(2)16-10-7-12-5-3-4-6-14(12)18(16)15-9-8-13(20)11-17(15)19;1-21-18(20)17-11-13(19)9-10-16(17)15-8-4-6-12-5-2-3-7-14(12)15;12-11-13-10-7-3-5-8-4-1-2-6-9(8)10;1-12-8(11)6-4-5(9)2-3-7(6)10;7-5-1-3-6(8)4-2-5/h7-15H,1-6H3;3-15H,1-2H3;3-12,21H,1-2H3;3-11H,1-2H3;2-11H,1H3;1-7,12H;2-4H,1H3;1-4H. The largest absolute Gasteiger partial charge is 0.569 e. The molecule has 4 aliphatic rings. The molecule has 9 nitrogen and oxygen atoms in total. The number of rotatable bonds is 9. The number of esters is 2. The molecule has 3 aliphatic carbocycles. The molecule has 149 heavy (non-hydrogen) atoms. The van der Waals surface area contributed by atoms with Gasteiger partial charge >= 0.3 is 26.7 Å². The molecule has 1 radical (unpaired) electrons. The van der Waals surface area contributed by atoms with Gasteiger partial charge in [0, 0.05) is 55.6 Å². The highest BCUT2D eigenvalue weighted by Crippen LogP contribution is 2.56. The molecule has 0 atom stereocenters. The number of ether oxygens (including phenoxy) is 2. The third kappa shape index (κ3) is 23.5. The second-order valence-corrected chi connectivity index (χ2v) is 48.0. The number of halogens is 8. The molecule has 1 heterocycles. The maximum Gasteiger partial charge on any atom is 0.569 e. The van der Waals surface area contributed by atoms with Gasteiger partial charge in [0.15, 0.2) is 0 Å². The number of methoxy groups -OCH3 is 2. The van der Waals surface area contributed by atoms with Gasteiger partial charge in [-0.3, -0.25) is 0 Å². The molecule has 0 unspecified atom stereocenters. The van der Waals surface area contributed by atoms with E-state index in [2.05, 4.69) is 476 Å². The van der Waals surface area contributed by atoms with Crippen molar-refractivity contribution in [2.45, 2.75) is 116 Å². The Hall–Kier alpha value is -11.0. The summed E-state index contributed by atoms with van der Waals surface area (Å²) >= 11 is 25.0. The third-order valence-electron chi connectivity index (χ3n) is 28.6. The first-order valence-corrected chi connectivity index (χ1v) is 55.9. The SMILES string of the molecule is Brc1ccc(I)cc1.CC(C)(O)c1cc(Br)ccc1-c1cccc2ccccc12.CC1(C)c2cc(-c3ccc(Br)cc3)ccc2-c2c1ccc1ccccc21.CC1(C)c2cc(B3OC(C)(C)C(C)(C)O3)ccc2-c2c1ccc1ccccc21.CC1(C)c2cc(Br)ccc2-c2c1ccc1ccccc21.COC(=O)c1cc(Br)ccc1-c1cccc2ccccc12.COC(=O)c1cc(Br)ccc1I.O[B]Oc1cccc2ccccc12. The summed E-state index contributed by atoms with van der Waals surface area (Å²) in [6, 6.07) is 136. The Balaban J connectivity index is 0.000000119. The van der Waals surface area contributed by atoms with Crippen molar-refractivity contribution in [3.05, 3.63) is 478 Å². The van der Waals surface area contributed by atoms with Crippen molar-refractivity contribution in [2.75, 3.05) is 14.2 Å². The summed E-state index contributed by atoms with van der Waals surface area (Å²) in [6.45, 7) is 26.0. The summed E-state index contributed by atoms with van der Waals surface area (Å²) in [4.78, 5) is 23.2. The second-order valence-electron chi connectivity index (χ2n) is 40.1. The lowest BCUT2D eigenvalue weighted by atomic mass is 9.74. The van der Waals surface area contributed by atoms with Gasteiger partial charge in [0.1, 0.15) is 5.75 Å². The van der Waals surface area contributed by atoms with E-state index in [-0.39, 0.29) is 46.5 Å². The van der Waals surface area contributed by atoms with Crippen LogP contribution in [0.25, 0.3) is 131 Å². The van der Waals surface area contributed by atoms with E-state index in [4.69, 9.17) is 23.7 Å². The van der Waals surface area contributed by atoms with E-state index in [0.717, 1.165) is 85.2 Å². The molecule has 2 N–H and O–H groups in total. The minimum atomic E-state index is -0.893. The van der Waals surface area contributed by atoms with Crippen LogP contribution in [0, 0.1) is 7.14 Å². The van der Waals surface area contributed by atoms with E-state index in [1.807, 2.05) is 135 Å². The maximum atomic E-state index is 12.1. The molecular weight excluding hydrogens is 2460 g/mol. The first kappa shape index (κ1) is 109. The Morgan fingerprint density at radius 3 is 1.11 bits per heavy atom. The quantitative estimate of drug-likeness (QED) is 0.0827. The lowest BCUT2D eigenvalue weighted by Crippen LogP contribution is -2.41. The Morgan fingerprint density at radius 2 is 0.651 bits per heavy atom. The van der Waals surface area contributed by atoms with Crippen LogP contribution >= 0.6 is 141 Å². The Labute approximate surface area is 951 Å². The fraction of sp³-hybridized carbons (Fsp3) is 0.154. The minimum absolute atomic E-state index is 0.0140. The number of carbonyl (C=O) groups excluding carboxylic acids is 2. The predicted octanol–water partition coefficient (Wildman–Crippen LogP) is 37.1. The van der Waals surface area contributed by atoms with E-state index in [1.54, 1.807) is 12.1 Å². The van der Waals surface area contributed by atoms with Gasteiger partial charge in [-0.05, 0) is 360 Å². The molecule has 20 aromatic rings. The Kier molecular flexibility index (Phi) is 33.9. The van der Waals surface area contributed by atoms with E-state index >= 15 is 0 Å². The van der Waals surface area contributed by atoms with E-state index in [0.29, 0.717) is 24.6 Å². The van der Waals surface area contributed by atoms with Crippen LogP contribution in [0.3, 0.4) is 0 Å². The van der Waals surface area contributed by atoms with Crippen molar-refractivity contribution in [2.24, 2.45) is 0 Å². The first-order valence-electron chi connectivity index (χ1n) is 49.0. The smallest absolute Gasteiger partial charge is 0.537 e. The number of fused-ring (bicyclic) bond motifs is 18. The number of carbonyl (C=O) groups is 2. The van der Waals surface area contributed by atoms with Gasteiger partial charge < -0.3 is 33.6 Å². The van der Waals surface area contributed by atoms with Crippen LogP contribution < -0.4 is 10.1 Å². The summed E-state index contributed by atoms with van der Waals surface area (Å²) < 4.78 is 35.3. The van der Waals surface area contributed by atoms with E-state index < -0.39 is 5.60 Å². The van der Waals surface area contributed by atoms with Crippen LogP contribution in [0.1, 0.15) is 143 Å². The average molecular weight is 2570 g/mol. The molecule has 1 fully saturated rings. The topological polar surface area (TPSA) is 121 Å². The molecule has 24 rings (SSSR count). The van der Waals surface area contributed by atoms with Gasteiger partial charge in [-0.25, -0.2) is 9.59 Å². The lowest BCUT2D eigenvalue weighted by Gasteiger charge is -2.32. The van der Waals surface area contributed by atoms with E-state index in [1.165, 1.54) is 139 Å². The molecule has 1 saturated heterocycles. The fourth-order valence-corrected chi connectivity index (χ4v) is 23.1. The monoisotopic (exact) mass is 2560 g/mol. The maximum absolute atomic E-state index is 12.1. The molecule has 0 spiro atoms. The summed E-state index contributed by atoms with van der Waals surface area (Å²) in [5.74, 6) is 0.0283. The summed E-state index contributed by atoms with van der Waals surface area (Å²) in [7, 11) is 3.14. The van der Waals surface area contributed by atoms with Gasteiger partial charge in [0.25, 0.3) is 0 Å². The van der Waals surface area contributed by atoms with Crippen molar-refractivity contribution in [3.63, 3.8) is 0 Å². The van der Waals surface area contributed by atoms with Crippen LogP contribution in [-0.2, 0) is 40.6 Å². The highest BCUT2D eigenvalue weighted by atomic mass is 127. The molecule has 0 saturated carbocycles. The van der Waals surface area contributed by atoms with Gasteiger partial charge in [-0.1, -0.05) is 428 Å². The molecule has 0 aromatic heterocycles. The van der Waals surface area contributed by atoms with E-state index in [9.17, 15) is 14.7 Å². The number of benzene rings is 20. The number of aliphatic hydroxyl groups is 1. The van der Waals surface area contributed by atoms with Crippen molar-refractivity contribution in [1.29, 1.82) is 0 Å². The molecule has 19 heteroatoms. The molecule has 1 aliphatic heterocycles. The fourth-order valence-electron chi connectivity index (χ4n) is 20.2. The van der Waals surface area contributed by atoms with Crippen molar-refractivity contribution < 1.29 is 43.2 Å². The zero-order chi connectivity index (χ0) is 106. The average Bonchev–Trinajstić information content (AvgIpc) is 1.57. The zero-order valence-electron chi connectivity index (χ0n) is 85.0. The summed E-state index contributed by atoms with van der Waals surface area (Å²) in [6.07, 6.45) is 0. The lowest BCUT2D eigenvalue weighted by molar-refractivity contribution is 0.00578. The second kappa shape index (κ2) is 46.3. The third-order valence-corrected chi connectivity index (χ3v) is 33.3. The summed E-state index contributed by atoms with van der Waals surface area (Å²) in [5, 5.41) is 33.8. The molecular formula is C130H109B2Br6I2O9. The van der Waals surface area contributed by atoms with Gasteiger partial charge in [0.2, 0.25) is 0 Å². The van der Waals surface area contributed by atoms with Crippen molar-refractivity contribution in [1.82, 2.24) is 0 Å². The highest BCUT2D eigenvalue weighted by Gasteiger charge is 2.52. The molecule has 745 valence electrons. The van der Waals surface area contributed by atoms with Gasteiger partial charge in [-0.15, -0.1) is 0 Å². The van der Waals surface area contributed by atoms with Crippen LogP contribution in [0.4, 0.5) is 0 Å². The number of hydrogen-bond acceptors (Lipinski definition) is 9. The highest BCUT2D eigenvalue weighted by molar-refractivity contribution is 14.1. The minimum Gasteiger partial charge on any atom is -0.537 e. The Morgan fingerprint density at radius 1 is 0.315 bits per heavy atom.